The van der Waals surface area contributed by atoms with E-state index < -0.39 is 10.0 Å². The molecule has 0 bridgehead atoms. The van der Waals surface area contributed by atoms with E-state index in [0.717, 1.165) is 60.9 Å². The maximum absolute atomic E-state index is 13.2. The molecule has 0 atom stereocenters. The van der Waals surface area contributed by atoms with E-state index in [4.69, 9.17) is 4.74 Å². The lowest BCUT2D eigenvalue weighted by atomic mass is 9.89. The highest BCUT2D eigenvalue weighted by molar-refractivity contribution is 7.89. The molecule has 0 spiro atoms. The van der Waals surface area contributed by atoms with Crippen molar-refractivity contribution in [2.24, 2.45) is 5.92 Å². The largest absolute Gasteiger partial charge is 0.497 e. The van der Waals surface area contributed by atoms with E-state index in [1.54, 1.807) is 19.2 Å². The molecule has 0 aliphatic heterocycles. The van der Waals surface area contributed by atoms with Crippen LogP contribution in [0.15, 0.2) is 65.6 Å². The summed E-state index contributed by atoms with van der Waals surface area (Å²) in [5.41, 5.74) is 2.20. The number of rotatable bonds is 19. The Morgan fingerprint density at radius 3 is 2.06 bits per heavy atom. The zero-order valence-electron chi connectivity index (χ0n) is 29.2. The van der Waals surface area contributed by atoms with Crippen LogP contribution in [0, 0.1) is 5.92 Å². The van der Waals surface area contributed by atoms with E-state index in [9.17, 15) is 8.42 Å². The summed E-state index contributed by atoms with van der Waals surface area (Å²) in [4.78, 5) is 16.3. The summed E-state index contributed by atoms with van der Waals surface area (Å²) < 4.78 is 34.5. The highest BCUT2D eigenvalue weighted by Gasteiger charge is 2.18. The molecular weight excluding hydrogens is 637 g/mol. The smallest absolute Gasteiger partial charge is 0.241 e. The molecule has 1 saturated carbocycles. The summed E-state index contributed by atoms with van der Waals surface area (Å²) in [6, 6.07) is 19.3. The second-order valence-corrected chi connectivity index (χ2v) is 14.7. The van der Waals surface area contributed by atoms with E-state index in [-0.39, 0.29) is 0 Å². The molecule has 1 aliphatic rings. The Kier molecular flexibility index (Phi) is 13.3. The minimum Gasteiger partial charge on any atom is -0.497 e. The van der Waals surface area contributed by atoms with Gasteiger partial charge in [-0.3, -0.25) is 0 Å². The van der Waals surface area contributed by atoms with Gasteiger partial charge in [-0.1, -0.05) is 68.5 Å². The maximum Gasteiger partial charge on any atom is 0.241 e. The summed E-state index contributed by atoms with van der Waals surface area (Å²) in [5, 5.41) is 11.9. The minimum atomic E-state index is -3.63. The van der Waals surface area contributed by atoms with Crippen molar-refractivity contribution in [2.75, 3.05) is 68.2 Å². The first-order valence-corrected chi connectivity index (χ1v) is 19.1. The topological polar surface area (TPSA) is 133 Å². The van der Waals surface area contributed by atoms with Gasteiger partial charge in [0.25, 0.3) is 0 Å². The monoisotopic (exact) mass is 688 g/mol. The van der Waals surface area contributed by atoms with Crippen molar-refractivity contribution in [1.82, 2.24) is 19.7 Å². The van der Waals surface area contributed by atoms with E-state index in [1.807, 2.05) is 55.4 Å². The molecule has 1 heterocycles. The molecule has 4 N–H and O–H groups in total. The average Bonchev–Trinajstić information content (AvgIpc) is 3.12. The van der Waals surface area contributed by atoms with Crippen molar-refractivity contribution >= 4 is 44.3 Å². The first-order valence-electron chi connectivity index (χ1n) is 17.6. The molecule has 1 aliphatic carbocycles. The van der Waals surface area contributed by atoms with Gasteiger partial charge in [0.1, 0.15) is 5.75 Å². The van der Waals surface area contributed by atoms with Crippen LogP contribution < -0.4 is 30.3 Å². The van der Waals surface area contributed by atoms with Crippen molar-refractivity contribution in [3.8, 4) is 5.75 Å². The number of sulfonamides is 1. The first-order chi connectivity index (χ1) is 23.8. The number of nitrogens with one attached hydrogen (secondary N) is 4. The van der Waals surface area contributed by atoms with Gasteiger partial charge >= 0.3 is 0 Å². The molecule has 0 saturated heterocycles. The zero-order valence-corrected chi connectivity index (χ0v) is 30.0. The van der Waals surface area contributed by atoms with E-state index in [1.165, 1.54) is 37.7 Å². The predicted molar refractivity (Wildman–Crippen MR) is 201 cm³/mol. The molecule has 49 heavy (non-hydrogen) atoms. The molecule has 4 aromatic rings. The van der Waals surface area contributed by atoms with Crippen LogP contribution in [0.4, 0.5) is 23.5 Å². The molecule has 12 heteroatoms. The van der Waals surface area contributed by atoms with Crippen LogP contribution in [0.2, 0.25) is 0 Å². The molecule has 0 radical (unpaired) electrons. The number of benzene rings is 3. The molecular formula is C37H52N8O3S. The van der Waals surface area contributed by atoms with Crippen LogP contribution in [-0.2, 0) is 16.4 Å². The molecule has 0 amide bonds. The number of hydrogen-bond acceptors (Lipinski definition) is 10. The number of fused-ring (bicyclic) bond motifs is 1. The van der Waals surface area contributed by atoms with Crippen LogP contribution in [0.1, 0.15) is 63.4 Å². The number of nitrogens with zero attached hydrogens (tertiary/aromatic N) is 4. The van der Waals surface area contributed by atoms with Gasteiger partial charge < -0.3 is 25.6 Å². The third-order valence-corrected chi connectivity index (χ3v) is 10.6. The number of ether oxygens (including phenoxy) is 1. The summed E-state index contributed by atoms with van der Waals surface area (Å²) in [5.74, 6) is 3.19. The highest BCUT2D eigenvalue weighted by atomic mass is 32.2. The van der Waals surface area contributed by atoms with Gasteiger partial charge in [-0.25, -0.2) is 13.1 Å². The van der Waals surface area contributed by atoms with Crippen molar-refractivity contribution in [2.45, 2.75) is 69.1 Å². The van der Waals surface area contributed by atoms with Crippen molar-refractivity contribution in [3.63, 3.8) is 0 Å². The van der Waals surface area contributed by atoms with Crippen molar-refractivity contribution in [1.29, 1.82) is 0 Å². The maximum atomic E-state index is 13.2. The quantitative estimate of drug-likeness (QED) is 0.0790. The summed E-state index contributed by atoms with van der Waals surface area (Å²) in [7, 11) is 1.96. The van der Waals surface area contributed by atoms with Gasteiger partial charge in [0, 0.05) is 56.7 Å². The first kappa shape index (κ1) is 36.1. The minimum absolute atomic E-state index is 0.317. The van der Waals surface area contributed by atoms with Crippen LogP contribution in [0.3, 0.4) is 0 Å². The zero-order chi connectivity index (χ0) is 34.5. The third kappa shape index (κ3) is 10.7. The Labute approximate surface area is 291 Å². The van der Waals surface area contributed by atoms with Crippen LogP contribution >= 0.6 is 0 Å². The number of unbranched alkanes of at least 4 members (excludes halogenated alkanes) is 3. The Morgan fingerprint density at radius 1 is 0.735 bits per heavy atom. The van der Waals surface area contributed by atoms with Gasteiger partial charge in [-0.05, 0) is 67.9 Å². The second kappa shape index (κ2) is 18.0. The lowest BCUT2D eigenvalue weighted by molar-refractivity contribution is 0.373. The number of aromatic nitrogens is 3. The van der Waals surface area contributed by atoms with Crippen LogP contribution in [0.25, 0.3) is 10.8 Å². The number of hydrogen-bond donors (Lipinski definition) is 4. The molecule has 1 aromatic heterocycles. The van der Waals surface area contributed by atoms with Crippen LogP contribution in [-0.4, -0.2) is 70.8 Å². The summed E-state index contributed by atoms with van der Waals surface area (Å²) in [6.45, 7) is 2.68. The fourth-order valence-electron chi connectivity index (χ4n) is 6.33. The Balaban J connectivity index is 1.08. The normalized spacial score (nSPS) is 13.7. The Bertz CT molecular complexity index is 1730. The van der Waals surface area contributed by atoms with Gasteiger partial charge in [0.2, 0.25) is 27.9 Å². The van der Waals surface area contributed by atoms with Gasteiger partial charge in [0.15, 0.2) is 0 Å². The third-order valence-electron chi connectivity index (χ3n) is 9.07. The molecule has 264 valence electrons. The van der Waals surface area contributed by atoms with Crippen molar-refractivity contribution < 1.29 is 13.2 Å². The van der Waals surface area contributed by atoms with Gasteiger partial charge in [0.05, 0.1) is 12.0 Å². The summed E-state index contributed by atoms with van der Waals surface area (Å²) >= 11 is 0. The second-order valence-electron chi connectivity index (χ2n) is 13.0. The van der Waals surface area contributed by atoms with Crippen molar-refractivity contribution in [3.05, 3.63) is 66.2 Å². The fraction of sp³-hybridized carbons (Fsp3) is 0.486. The van der Waals surface area contributed by atoms with Gasteiger partial charge in [-0.15, -0.1) is 0 Å². The standard InChI is InChI=1S/C37H52N8O3S/c1-45(2)33-17-11-16-32-31(33)15-12-18-34(32)49(46,47)41-25-10-5-4-9-24-38-35-42-36(39-26-23-28-19-21-30(48-3)22-20-28)44-37(43-35)40-27-29-13-7-6-8-14-29/h11-12,15-22,29,41H,4-10,13-14,23-27H2,1-3H3,(H3,38,39,40,42,43,44). The molecule has 3 aromatic carbocycles. The number of methoxy groups -OCH3 is 1. The highest BCUT2D eigenvalue weighted by Crippen LogP contribution is 2.30. The molecule has 5 rings (SSSR count). The number of anilines is 4. The van der Waals surface area contributed by atoms with E-state index in [0.29, 0.717) is 48.3 Å². The Hall–Kier alpha value is -4.16. The van der Waals surface area contributed by atoms with E-state index >= 15 is 0 Å². The van der Waals surface area contributed by atoms with Gasteiger partial charge in [-0.2, -0.15) is 15.0 Å². The molecule has 11 nitrogen and oxygen atoms in total. The SMILES string of the molecule is COc1ccc(CCNc2nc(NCCCCCCNS(=O)(=O)c3cccc4c(N(C)C)cccc34)nc(NCC3CCCCC3)n2)cc1. The lowest BCUT2D eigenvalue weighted by Crippen LogP contribution is -2.25. The Morgan fingerprint density at radius 2 is 1.37 bits per heavy atom. The summed E-state index contributed by atoms with van der Waals surface area (Å²) in [6.07, 6.45) is 10.8. The van der Waals surface area contributed by atoms with E-state index in [2.05, 4.69) is 47.8 Å². The molecule has 1 fully saturated rings. The average molecular weight is 689 g/mol. The fourth-order valence-corrected chi connectivity index (χ4v) is 7.62. The lowest BCUT2D eigenvalue weighted by Gasteiger charge is -2.21. The predicted octanol–water partition coefficient (Wildman–Crippen LogP) is 6.70. The molecule has 0 unspecified atom stereocenters. The van der Waals surface area contributed by atoms with Crippen LogP contribution in [0.5, 0.6) is 5.75 Å².